The Labute approximate surface area is 118 Å². The molecule has 2 heterocycles. The standard InChI is InChI=1S/C16H19NO3/c1-10(2)13-5-3-4-12-6-14(16(18)19)17(15(12)13)7-11-8-20-9-11/h3-6,10-11H,7-9H2,1-2H3,(H,18,19). The van der Waals surface area contributed by atoms with Crippen molar-refractivity contribution in [1.29, 1.82) is 0 Å². The van der Waals surface area contributed by atoms with Gasteiger partial charge in [-0.3, -0.25) is 0 Å². The fraction of sp³-hybridized carbons (Fsp3) is 0.438. The van der Waals surface area contributed by atoms with E-state index in [1.165, 1.54) is 5.56 Å². The van der Waals surface area contributed by atoms with Crippen LogP contribution < -0.4 is 0 Å². The van der Waals surface area contributed by atoms with Gasteiger partial charge in [0.15, 0.2) is 0 Å². The van der Waals surface area contributed by atoms with Crippen LogP contribution in [0.25, 0.3) is 10.9 Å². The van der Waals surface area contributed by atoms with E-state index >= 15 is 0 Å². The molecule has 106 valence electrons. The van der Waals surface area contributed by atoms with E-state index in [-0.39, 0.29) is 0 Å². The maximum atomic E-state index is 11.5. The van der Waals surface area contributed by atoms with Gasteiger partial charge in [0, 0.05) is 17.8 Å². The van der Waals surface area contributed by atoms with Gasteiger partial charge in [0.05, 0.1) is 18.7 Å². The number of para-hydroxylation sites is 1. The smallest absolute Gasteiger partial charge is 0.352 e. The molecule has 1 saturated heterocycles. The van der Waals surface area contributed by atoms with E-state index < -0.39 is 5.97 Å². The molecule has 0 radical (unpaired) electrons. The molecule has 1 aromatic heterocycles. The molecule has 0 spiro atoms. The van der Waals surface area contributed by atoms with Gasteiger partial charge < -0.3 is 14.4 Å². The molecule has 1 aliphatic rings. The first kappa shape index (κ1) is 13.2. The first-order valence-electron chi connectivity index (χ1n) is 7.01. The van der Waals surface area contributed by atoms with Gasteiger partial charge in [-0.15, -0.1) is 0 Å². The van der Waals surface area contributed by atoms with Crippen molar-refractivity contribution < 1.29 is 14.6 Å². The van der Waals surface area contributed by atoms with Gasteiger partial charge in [0.1, 0.15) is 5.69 Å². The minimum absolute atomic E-state index is 0.367. The third kappa shape index (κ3) is 2.10. The zero-order valence-electron chi connectivity index (χ0n) is 11.8. The molecule has 2 aromatic rings. The molecule has 0 bridgehead atoms. The maximum Gasteiger partial charge on any atom is 0.352 e. The average molecular weight is 273 g/mol. The van der Waals surface area contributed by atoms with Gasteiger partial charge in [-0.2, -0.15) is 0 Å². The van der Waals surface area contributed by atoms with Crippen LogP contribution in [0.4, 0.5) is 0 Å². The molecular weight excluding hydrogens is 254 g/mol. The van der Waals surface area contributed by atoms with Crippen molar-refractivity contribution in [3.63, 3.8) is 0 Å². The van der Waals surface area contributed by atoms with Crippen LogP contribution in [-0.2, 0) is 11.3 Å². The molecule has 1 aliphatic heterocycles. The molecule has 0 saturated carbocycles. The summed E-state index contributed by atoms with van der Waals surface area (Å²) in [5.74, 6) is -0.0771. The molecule has 20 heavy (non-hydrogen) atoms. The fourth-order valence-electron chi connectivity index (χ4n) is 2.83. The number of benzene rings is 1. The van der Waals surface area contributed by atoms with E-state index in [0.717, 1.165) is 30.7 Å². The lowest BCUT2D eigenvalue weighted by Crippen LogP contribution is -2.32. The van der Waals surface area contributed by atoms with Crippen molar-refractivity contribution in [3.8, 4) is 0 Å². The SMILES string of the molecule is CC(C)c1cccc2cc(C(=O)O)n(CC3COC3)c12. The Morgan fingerprint density at radius 3 is 2.75 bits per heavy atom. The number of nitrogens with zero attached hydrogens (tertiary/aromatic N) is 1. The first-order chi connectivity index (χ1) is 9.58. The lowest BCUT2D eigenvalue weighted by Gasteiger charge is -2.27. The van der Waals surface area contributed by atoms with Gasteiger partial charge in [-0.25, -0.2) is 4.79 Å². The number of fused-ring (bicyclic) bond motifs is 1. The predicted molar refractivity (Wildman–Crippen MR) is 77.3 cm³/mol. The Balaban J connectivity index is 2.19. The molecule has 4 nitrogen and oxygen atoms in total. The second-order valence-electron chi connectivity index (χ2n) is 5.79. The largest absolute Gasteiger partial charge is 0.477 e. The van der Waals surface area contributed by atoms with E-state index in [2.05, 4.69) is 19.9 Å². The van der Waals surface area contributed by atoms with E-state index in [1.54, 1.807) is 6.07 Å². The van der Waals surface area contributed by atoms with Crippen LogP contribution in [-0.4, -0.2) is 28.9 Å². The van der Waals surface area contributed by atoms with Crippen LogP contribution in [0.2, 0.25) is 0 Å². The fourth-order valence-corrected chi connectivity index (χ4v) is 2.83. The molecule has 1 fully saturated rings. The molecule has 4 heteroatoms. The second-order valence-corrected chi connectivity index (χ2v) is 5.79. The highest BCUT2D eigenvalue weighted by Crippen LogP contribution is 2.30. The third-order valence-corrected chi connectivity index (χ3v) is 3.94. The molecule has 0 aliphatic carbocycles. The number of aromatic nitrogens is 1. The summed E-state index contributed by atoms with van der Waals surface area (Å²) < 4.78 is 7.17. The molecule has 0 unspecified atom stereocenters. The minimum atomic E-state index is -0.865. The zero-order chi connectivity index (χ0) is 14.3. The molecule has 3 rings (SSSR count). The first-order valence-corrected chi connectivity index (χ1v) is 7.01. The number of carboxylic acids is 1. The van der Waals surface area contributed by atoms with Gasteiger partial charge in [0.2, 0.25) is 0 Å². The van der Waals surface area contributed by atoms with E-state index in [1.807, 2.05) is 16.7 Å². The van der Waals surface area contributed by atoms with Gasteiger partial charge in [-0.1, -0.05) is 32.0 Å². The van der Waals surface area contributed by atoms with Crippen LogP contribution in [0.15, 0.2) is 24.3 Å². The summed E-state index contributed by atoms with van der Waals surface area (Å²) in [6, 6.07) is 7.86. The van der Waals surface area contributed by atoms with Crippen LogP contribution in [0.3, 0.4) is 0 Å². The monoisotopic (exact) mass is 273 g/mol. The van der Waals surface area contributed by atoms with Gasteiger partial charge >= 0.3 is 5.97 Å². The molecule has 1 N–H and O–H groups in total. The van der Waals surface area contributed by atoms with E-state index in [4.69, 9.17) is 4.74 Å². The van der Waals surface area contributed by atoms with Crippen molar-refractivity contribution in [2.24, 2.45) is 5.92 Å². The van der Waals surface area contributed by atoms with E-state index in [0.29, 0.717) is 17.5 Å². The van der Waals surface area contributed by atoms with E-state index in [9.17, 15) is 9.90 Å². The Hall–Kier alpha value is -1.81. The summed E-state index contributed by atoms with van der Waals surface area (Å²) in [5.41, 5.74) is 2.64. The van der Waals surface area contributed by atoms with Crippen LogP contribution in [0, 0.1) is 5.92 Å². The summed E-state index contributed by atoms with van der Waals surface area (Å²) in [4.78, 5) is 11.5. The predicted octanol–water partition coefficient (Wildman–Crippen LogP) is 3.11. The zero-order valence-corrected chi connectivity index (χ0v) is 11.8. The number of carboxylic acid groups (broad SMARTS) is 1. The lowest BCUT2D eigenvalue weighted by molar-refractivity contribution is -0.0392. The molecule has 1 aromatic carbocycles. The number of hydrogen-bond donors (Lipinski definition) is 1. The molecule has 0 atom stereocenters. The molecule has 0 amide bonds. The Morgan fingerprint density at radius 2 is 2.20 bits per heavy atom. The van der Waals surface area contributed by atoms with Crippen molar-refractivity contribution in [3.05, 3.63) is 35.5 Å². The van der Waals surface area contributed by atoms with Gasteiger partial charge in [-0.05, 0) is 17.5 Å². The summed E-state index contributed by atoms with van der Waals surface area (Å²) in [6.07, 6.45) is 0. The van der Waals surface area contributed by atoms with Gasteiger partial charge in [0.25, 0.3) is 0 Å². The second kappa shape index (κ2) is 4.94. The number of rotatable bonds is 4. The number of aromatic carboxylic acids is 1. The van der Waals surface area contributed by atoms with Crippen molar-refractivity contribution in [2.75, 3.05) is 13.2 Å². The van der Waals surface area contributed by atoms with Crippen molar-refractivity contribution >= 4 is 16.9 Å². The summed E-state index contributed by atoms with van der Waals surface area (Å²) in [6.45, 7) is 6.44. The summed E-state index contributed by atoms with van der Waals surface area (Å²) in [5, 5.41) is 10.5. The quantitative estimate of drug-likeness (QED) is 0.931. The van der Waals surface area contributed by atoms with Crippen LogP contribution in [0.5, 0.6) is 0 Å². The highest BCUT2D eigenvalue weighted by atomic mass is 16.5. The minimum Gasteiger partial charge on any atom is -0.477 e. The number of hydrogen-bond acceptors (Lipinski definition) is 2. The number of ether oxygens (including phenoxy) is 1. The third-order valence-electron chi connectivity index (χ3n) is 3.94. The highest BCUT2D eigenvalue weighted by molar-refractivity contribution is 5.96. The lowest BCUT2D eigenvalue weighted by atomic mass is 10.0. The molecular formula is C16H19NO3. The van der Waals surface area contributed by atoms with Crippen molar-refractivity contribution in [2.45, 2.75) is 26.3 Å². The van der Waals surface area contributed by atoms with Crippen molar-refractivity contribution in [1.82, 2.24) is 4.57 Å². The average Bonchev–Trinajstić information content (AvgIpc) is 2.72. The highest BCUT2D eigenvalue weighted by Gasteiger charge is 2.24. The Kier molecular flexibility index (Phi) is 3.26. The number of carbonyl (C=O) groups is 1. The normalized spacial score (nSPS) is 15.8. The van der Waals surface area contributed by atoms with Crippen LogP contribution in [0.1, 0.15) is 35.8 Å². The maximum absolute atomic E-state index is 11.5. The summed E-state index contributed by atoms with van der Waals surface area (Å²) >= 11 is 0. The Morgan fingerprint density at radius 1 is 1.45 bits per heavy atom. The topological polar surface area (TPSA) is 51.5 Å². The van der Waals surface area contributed by atoms with Crippen LogP contribution >= 0.6 is 0 Å². The Bertz CT molecular complexity index is 653. The summed E-state index contributed by atoms with van der Waals surface area (Å²) in [7, 11) is 0.